The van der Waals surface area contributed by atoms with Crippen LogP contribution in [-0.2, 0) is 9.47 Å². The molecule has 1 saturated carbocycles. The van der Waals surface area contributed by atoms with Gasteiger partial charge in [-0.25, -0.2) is 14.6 Å². The molecule has 0 radical (unpaired) electrons. The topological polar surface area (TPSA) is 85.7 Å². The van der Waals surface area contributed by atoms with Crippen LogP contribution in [0.5, 0.6) is 0 Å². The Balaban J connectivity index is 1.72. The van der Waals surface area contributed by atoms with Crippen LogP contribution in [0.4, 0.5) is 0 Å². The molecule has 0 aliphatic heterocycles. The van der Waals surface area contributed by atoms with Gasteiger partial charge in [0, 0.05) is 12.7 Å². The molecule has 6 nitrogen and oxygen atoms in total. The zero-order valence-corrected chi connectivity index (χ0v) is 14.6. The van der Waals surface area contributed by atoms with Crippen molar-refractivity contribution in [3.05, 3.63) is 40.2 Å². The van der Waals surface area contributed by atoms with E-state index in [9.17, 15) is 14.7 Å². The van der Waals surface area contributed by atoms with E-state index in [0.717, 1.165) is 30.6 Å². The summed E-state index contributed by atoms with van der Waals surface area (Å²) in [5.41, 5.74) is 0.958. The number of hydrogen-bond acceptors (Lipinski definition) is 6. The van der Waals surface area contributed by atoms with Gasteiger partial charge in [-0.3, -0.25) is 0 Å². The molecule has 2 unspecified atom stereocenters. The highest BCUT2D eigenvalue weighted by atomic mass is 32.1. The minimum Gasteiger partial charge on any atom is -0.477 e. The van der Waals surface area contributed by atoms with Crippen molar-refractivity contribution in [2.24, 2.45) is 5.92 Å². The lowest BCUT2D eigenvalue weighted by Gasteiger charge is -2.10. The molecule has 0 amide bonds. The Hall–Kier alpha value is -2.25. The van der Waals surface area contributed by atoms with Crippen LogP contribution < -0.4 is 0 Å². The first-order valence-electron chi connectivity index (χ1n) is 8.08. The molecule has 7 heteroatoms. The zero-order chi connectivity index (χ0) is 17.8. The van der Waals surface area contributed by atoms with Crippen LogP contribution in [0.1, 0.15) is 38.7 Å². The number of aromatic carboxylic acids is 1. The Bertz CT molecular complexity index is 758. The quantitative estimate of drug-likeness (QED) is 0.793. The molecule has 0 saturated heterocycles. The number of rotatable bonds is 6. The molecule has 132 valence electrons. The van der Waals surface area contributed by atoms with E-state index < -0.39 is 11.9 Å². The second kappa shape index (κ2) is 7.76. The van der Waals surface area contributed by atoms with Crippen LogP contribution in [0, 0.1) is 5.92 Å². The summed E-state index contributed by atoms with van der Waals surface area (Å²) in [7, 11) is 1.69. The second-order valence-corrected chi connectivity index (χ2v) is 7.00. The molecule has 3 rings (SSSR count). The number of hydrogen-bond donors (Lipinski definition) is 1. The van der Waals surface area contributed by atoms with Gasteiger partial charge in [0.1, 0.15) is 4.88 Å². The van der Waals surface area contributed by atoms with Crippen molar-refractivity contribution in [1.29, 1.82) is 0 Å². The molecule has 1 fully saturated rings. The average Bonchev–Trinajstić information content (AvgIpc) is 3.27. The summed E-state index contributed by atoms with van der Waals surface area (Å²) >= 11 is 0.848. The van der Waals surface area contributed by atoms with E-state index in [0.29, 0.717) is 17.9 Å². The Morgan fingerprint density at radius 2 is 2.04 bits per heavy atom. The second-order valence-electron chi connectivity index (χ2n) is 6.00. The fraction of sp³-hybridized carbons (Fsp3) is 0.389. The standard InChI is InChI=1S/C18H19NO5S/c1-23-13-8-7-11(9-13)10-24-18(22)16-19-14(15(25-16)17(20)21)12-5-3-2-4-6-12/h2-6,11,13H,7-10H2,1H3,(H,20,21). The van der Waals surface area contributed by atoms with Gasteiger partial charge in [0.2, 0.25) is 5.01 Å². The van der Waals surface area contributed by atoms with Crippen molar-refractivity contribution in [2.75, 3.05) is 13.7 Å². The Morgan fingerprint density at radius 3 is 2.68 bits per heavy atom. The van der Waals surface area contributed by atoms with Gasteiger partial charge in [0.15, 0.2) is 0 Å². The number of ether oxygens (including phenoxy) is 2. The van der Waals surface area contributed by atoms with E-state index in [4.69, 9.17) is 9.47 Å². The van der Waals surface area contributed by atoms with Crippen molar-refractivity contribution >= 4 is 23.3 Å². The van der Waals surface area contributed by atoms with Crippen LogP contribution in [0.25, 0.3) is 11.3 Å². The summed E-state index contributed by atoms with van der Waals surface area (Å²) in [4.78, 5) is 28.0. The highest BCUT2D eigenvalue weighted by molar-refractivity contribution is 7.15. The van der Waals surface area contributed by atoms with Crippen molar-refractivity contribution in [3.8, 4) is 11.3 Å². The van der Waals surface area contributed by atoms with E-state index >= 15 is 0 Å². The summed E-state index contributed by atoms with van der Waals surface area (Å²) in [5, 5.41) is 9.45. The minimum absolute atomic E-state index is 0.0402. The maximum absolute atomic E-state index is 12.3. The molecule has 1 aliphatic rings. The van der Waals surface area contributed by atoms with Gasteiger partial charge in [0.05, 0.1) is 18.4 Å². The number of carboxylic acid groups (broad SMARTS) is 1. The number of aromatic nitrogens is 1. The van der Waals surface area contributed by atoms with Crippen molar-refractivity contribution in [1.82, 2.24) is 4.98 Å². The monoisotopic (exact) mass is 361 g/mol. The fourth-order valence-electron chi connectivity index (χ4n) is 2.99. The lowest BCUT2D eigenvalue weighted by atomic mass is 10.1. The van der Waals surface area contributed by atoms with Gasteiger partial charge in [-0.2, -0.15) is 0 Å². The third kappa shape index (κ3) is 4.05. The van der Waals surface area contributed by atoms with Gasteiger partial charge < -0.3 is 14.6 Å². The predicted octanol–water partition coefficient (Wildman–Crippen LogP) is 3.48. The molecule has 0 bridgehead atoms. The number of carboxylic acids is 1. The fourth-order valence-corrected chi connectivity index (χ4v) is 3.81. The summed E-state index contributed by atoms with van der Waals surface area (Å²) < 4.78 is 10.7. The lowest BCUT2D eigenvalue weighted by molar-refractivity contribution is 0.0419. The molecule has 2 atom stereocenters. The average molecular weight is 361 g/mol. The highest BCUT2D eigenvalue weighted by Gasteiger charge is 2.27. The third-order valence-corrected chi connectivity index (χ3v) is 5.34. The van der Waals surface area contributed by atoms with Gasteiger partial charge in [-0.05, 0) is 25.2 Å². The Kier molecular flexibility index (Phi) is 5.45. The van der Waals surface area contributed by atoms with Crippen LogP contribution in [0.2, 0.25) is 0 Å². The van der Waals surface area contributed by atoms with Crippen LogP contribution in [-0.4, -0.2) is 41.8 Å². The maximum atomic E-state index is 12.3. The summed E-state index contributed by atoms with van der Waals surface area (Å²) in [5.74, 6) is -1.40. The first-order valence-corrected chi connectivity index (χ1v) is 8.89. The van der Waals surface area contributed by atoms with Crippen LogP contribution in [0.15, 0.2) is 30.3 Å². The molecule has 1 aromatic carbocycles. The Labute approximate surface area is 149 Å². The van der Waals surface area contributed by atoms with Crippen LogP contribution >= 0.6 is 11.3 Å². The molecule has 1 heterocycles. The third-order valence-electron chi connectivity index (χ3n) is 4.32. The first-order chi connectivity index (χ1) is 12.1. The van der Waals surface area contributed by atoms with Gasteiger partial charge >= 0.3 is 11.9 Å². The largest absolute Gasteiger partial charge is 0.477 e. The van der Waals surface area contributed by atoms with E-state index in [-0.39, 0.29) is 21.9 Å². The number of carbonyl (C=O) groups excluding carboxylic acids is 1. The minimum atomic E-state index is -1.10. The number of carbonyl (C=O) groups is 2. The normalized spacial score (nSPS) is 19.7. The highest BCUT2D eigenvalue weighted by Crippen LogP contribution is 2.30. The molecule has 1 aromatic heterocycles. The SMILES string of the molecule is COC1CCC(COC(=O)c2nc(-c3ccccc3)c(C(=O)O)s2)C1. The van der Waals surface area contributed by atoms with Crippen molar-refractivity contribution < 1.29 is 24.2 Å². The van der Waals surface area contributed by atoms with Crippen molar-refractivity contribution in [3.63, 3.8) is 0 Å². The number of thiazole rings is 1. The van der Waals surface area contributed by atoms with Gasteiger partial charge in [-0.15, -0.1) is 0 Å². The molecule has 25 heavy (non-hydrogen) atoms. The number of nitrogens with zero attached hydrogens (tertiary/aromatic N) is 1. The summed E-state index contributed by atoms with van der Waals surface area (Å²) in [6, 6.07) is 8.95. The number of methoxy groups -OCH3 is 1. The zero-order valence-electron chi connectivity index (χ0n) is 13.8. The molecule has 0 spiro atoms. The van der Waals surface area contributed by atoms with E-state index in [1.54, 1.807) is 31.4 Å². The van der Waals surface area contributed by atoms with E-state index in [1.165, 1.54) is 0 Å². The molecular weight excluding hydrogens is 342 g/mol. The number of benzene rings is 1. The lowest BCUT2D eigenvalue weighted by Crippen LogP contribution is -2.13. The predicted molar refractivity (Wildman–Crippen MR) is 92.9 cm³/mol. The van der Waals surface area contributed by atoms with Gasteiger partial charge in [0.25, 0.3) is 0 Å². The Morgan fingerprint density at radius 1 is 1.28 bits per heavy atom. The van der Waals surface area contributed by atoms with Crippen molar-refractivity contribution in [2.45, 2.75) is 25.4 Å². The number of esters is 1. The summed E-state index contributed by atoms with van der Waals surface area (Å²) in [6.07, 6.45) is 3.03. The van der Waals surface area contributed by atoms with Crippen LogP contribution in [0.3, 0.4) is 0 Å². The van der Waals surface area contributed by atoms with Gasteiger partial charge in [-0.1, -0.05) is 41.7 Å². The van der Waals surface area contributed by atoms with E-state index in [2.05, 4.69) is 4.98 Å². The smallest absolute Gasteiger partial charge is 0.367 e. The molecular formula is C18H19NO5S. The van der Waals surface area contributed by atoms with E-state index in [1.807, 2.05) is 6.07 Å². The molecule has 1 aliphatic carbocycles. The molecule has 1 N–H and O–H groups in total. The summed E-state index contributed by atoms with van der Waals surface area (Å²) in [6.45, 7) is 0.307. The molecule has 2 aromatic rings. The first kappa shape index (κ1) is 17.6. The maximum Gasteiger partial charge on any atom is 0.367 e.